The molecule has 0 saturated carbocycles. The second-order valence-electron chi connectivity index (χ2n) is 5.61. The van der Waals surface area contributed by atoms with Gasteiger partial charge in [0.15, 0.2) is 0 Å². The van der Waals surface area contributed by atoms with E-state index in [2.05, 4.69) is 30.0 Å². The van der Waals surface area contributed by atoms with Crippen LogP contribution in [0.15, 0.2) is 24.3 Å². The lowest BCUT2D eigenvalue weighted by molar-refractivity contribution is 0.223. The molecule has 1 aliphatic rings. The molecule has 0 radical (unpaired) electrons. The molecule has 5 nitrogen and oxygen atoms in total. The number of rotatable bonds is 3. The van der Waals surface area contributed by atoms with Crippen LogP contribution in [0.1, 0.15) is 0 Å². The zero-order valence-corrected chi connectivity index (χ0v) is 12.8. The van der Waals surface area contributed by atoms with Gasteiger partial charge in [-0.05, 0) is 26.2 Å². The van der Waals surface area contributed by atoms with Crippen molar-refractivity contribution in [3.63, 3.8) is 0 Å². The number of carbonyl (C=O) groups excluding carboxylic acids is 1. The lowest BCUT2D eigenvalue weighted by Crippen LogP contribution is -2.48. The Morgan fingerprint density at radius 2 is 1.75 bits per heavy atom. The fourth-order valence-corrected chi connectivity index (χ4v) is 2.41. The molecule has 1 aliphatic heterocycles. The fourth-order valence-electron chi connectivity index (χ4n) is 2.41. The van der Waals surface area contributed by atoms with E-state index in [1.54, 1.807) is 19.0 Å². The number of fused-ring (bicyclic) bond motifs is 1. The average molecular weight is 276 g/mol. The van der Waals surface area contributed by atoms with Gasteiger partial charge in [0, 0.05) is 40.3 Å². The first-order valence-corrected chi connectivity index (χ1v) is 6.98. The van der Waals surface area contributed by atoms with E-state index in [4.69, 9.17) is 0 Å². The number of benzene rings is 1. The van der Waals surface area contributed by atoms with Gasteiger partial charge in [-0.15, -0.1) is 0 Å². The Kier molecular flexibility index (Phi) is 4.49. The third kappa shape index (κ3) is 3.04. The van der Waals surface area contributed by atoms with Crippen molar-refractivity contribution in [3.05, 3.63) is 24.3 Å². The van der Waals surface area contributed by atoms with Gasteiger partial charge in [0.25, 0.3) is 0 Å². The number of para-hydroxylation sites is 2. The smallest absolute Gasteiger partial charge is 0.324 e. The number of hydrogen-bond acceptors (Lipinski definition) is 3. The van der Waals surface area contributed by atoms with Crippen molar-refractivity contribution in [1.82, 2.24) is 9.80 Å². The lowest BCUT2D eigenvalue weighted by Gasteiger charge is -2.39. The molecular weight excluding hydrogens is 252 g/mol. The Labute approximate surface area is 121 Å². The maximum atomic E-state index is 12.3. The van der Waals surface area contributed by atoms with Crippen LogP contribution in [0, 0.1) is 0 Å². The molecule has 20 heavy (non-hydrogen) atoms. The Morgan fingerprint density at radius 3 is 2.35 bits per heavy atom. The van der Waals surface area contributed by atoms with Crippen molar-refractivity contribution < 1.29 is 4.79 Å². The van der Waals surface area contributed by atoms with Gasteiger partial charge in [-0.25, -0.2) is 4.79 Å². The van der Waals surface area contributed by atoms with Crippen molar-refractivity contribution >= 4 is 17.4 Å². The van der Waals surface area contributed by atoms with Gasteiger partial charge in [0.2, 0.25) is 0 Å². The summed E-state index contributed by atoms with van der Waals surface area (Å²) in [5, 5.41) is 0. The minimum atomic E-state index is 0.0460. The summed E-state index contributed by atoms with van der Waals surface area (Å²) in [7, 11) is 7.75. The number of nitrogens with zero attached hydrogens (tertiary/aromatic N) is 4. The van der Waals surface area contributed by atoms with Gasteiger partial charge in [-0.3, -0.25) is 4.90 Å². The topological polar surface area (TPSA) is 30.0 Å². The van der Waals surface area contributed by atoms with E-state index in [9.17, 15) is 4.79 Å². The first kappa shape index (κ1) is 14.7. The second kappa shape index (κ2) is 6.13. The van der Waals surface area contributed by atoms with Gasteiger partial charge in [0.05, 0.1) is 11.4 Å². The van der Waals surface area contributed by atoms with E-state index in [0.717, 1.165) is 37.6 Å². The van der Waals surface area contributed by atoms with Gasteiger partial charge >= 0.3 is 6.03 Å². The molecule has 2 rings (SSSR count). The van der Waals surface area contributed by atoms with Crippen molar-refractivity contribution in [1.29, 1.82) is 0 Å². The molecule has 0 saturated heterocycles. The number of anilines is 2. The zero-order chi connectivity index (χ0) is 14.7. The van der Waals surface area contributed by atoms with Crippen molar-refractivity contribution in [2.75, 3.05) is 64.2 Å². The summed E-state index contributed by atoms with van der Waals surface area (Å²) in [6.07, 6.45) is 0. The normalized spacial score (nSPS) is 14.4. The van der Waals surface area contributed by atoms with E-state index in [1.807, 2.05) is 23.1 Å². The molecule has 110 valence electrons. The summed E-state index contributed by atoms with van der Waals surface area (Å²) < 4.78 is 0. The highest BCUT2D eigenvalue weighted by Crippen LogP contribution is 2.32. The van der Waals surface area contributed by atoms with E-state index in [-0.39, 0.29) is 6.03 Å². The highest BCUT2D eigenvalue weighted by molar-refractivity contribution is 5.96. The van der Waals surface area contributed by atoms with Crippen LogP contribution in [0.3, 0.4) is 0 Å². The molecule has 0 atom stereocenters. The maximum Gasteiger partial charge on any atom is 0.324 e. The monoisotopic (exact) mass is 276 g/mol. The molecule has 0 N–H and O–H groups in total. The summed E-state index contributed by atoms with van der Waals surface area (Å²) in [6, 6.07) is 8.19. The van der Waals surface area contributed by atoms with Crippen LogP contribution < -0.4 is 9.80 Å². The Balaban J connectivity index is 2.23. The number of carbonyl (C=O) groups is 1. The molecule has 0 fully saturated rings. The predicted molar refractivity (Wildman–Crippen MR) is 83.6 cm³/mol. The largest absolute Gasteiger partial charge is 0.367 e. The number of amides is 2. The third-order valence-electron chi connectivity index (χ3n) is 3.54. The molecule has 0 aromatic heterocycles. The molecule has 0 unspecified atom stereocenters. The number of hydrogen-bond donors (Lipinski definition) is 0. The van der Waals surface area contributed by atoms with Crippen molar-refractivity contribution in [2.24, 2.45) is 0 Å². The third-order valence-corrected chi connectivity index (χ3v) is 3.54. The molecule has 1 aromatic carbocycles. The fraction of sp³-hybridized carbons (Fsp3) is 0.533. The Bertz CT molecular complexity index is 473. The summed E-state index contributed by atoms with van der Waals surface area (Å²) in [5.74, 6) is 0. The number of urea groups is 1. The van der Waals surface area contributed by atoms with Crippen LogP contribution in [0.5, 0.6) is 0 Å². The second-order valence-corrected chi connectivity index (χ2v) is 5.61. The standard InChI is InChI=1S/C15H24N4O/c1-16(2)9-10-18-11-12-19(15(20)17(3)4)14-8-6-5-7-13(14)18/h5-8H,9-12H2,1-4H3. The van der Waals surface area contributed by atoms with Crippen LogP contribution in [0.25, 0.3) is 0 Å². The van der Waals surface area contributed by atoms with Gasteiger partial charge in [-0.2, -0.15) is 0 Å². The van der Waals surface area contributed by atoms with E-state index in [0.29, 0.717) is 0 Å². The Hall–Kier alpha value is -1.75. The average Bonchev–Trinajstić information content (AvgIpc) is 2.43. The summed E-state index contributed by atoms with van der Waals surface area (Å²) in [4.78, 5) is 20.3. The van der Waals surface area contributed by atoms with E-state index < -0.39 is 0 Å². The SMILES string of the molecule is CN(C)CCN1CCN(C(=O)N(C)C)c2ccccc21. The first-order chi connectivity index (χ1) is 9.50. The molecule has 1 aromatic rings. The quantitative estimate of drug-likeness (QED) is 0.839. The van der Waals surface area contributed by atoms with E-state index in [1.165, 1.54) is 0 Å². The van der Waals surface area contributed by atoms with Crippen molar-refractivity contribution in [3.8, 4) is 0 Å². The molecule has 2 amide bonds. The van der Waals surface area contributed by atoms with Gasteiger partial charge in [0.1, 0.15) is 0 Å². The molecule has 5 heteroatoms. The van der Waals surface area contributed by atoms with Crippen LogP contribution in [-0.4, -0.2) is 70.2 Å². The predicted octanol–water partition coefficient (Wildman–Crippen LogP) is 1.56. The Morgan fingerprint density at radius 1 is 1.10 bits per heavy atom. The van der Waals surface area contributed by atoms with Crippen molar-refractivity contribution in [2.45, 2.75) is 0 Å². The molecule has 0 bridgehead atoms. The molecule has 1 heterocycles. The summed E-state index contributed by atoms with van der Waals surface area (Å²) in [6.45, 7) is 3.61. The van der Waals surface area contributed by atoms with Crippen LogP contribution in [0.2, 0.25) is 0 Å². The van der Waals surface area contributed by atoms with Crippen LogP contribution in [0.4, 0.5) is 16.2 Å². The van der Waals surface area contributed by atoms with E-state index >= 15 is 0 Å². The van der Waals surface area contributed by atoms with Gasteiger partial charge < -0.3 is 14.7 Å². The minimum absolute atomic E-state index is 0.0460. The zero-order valence-electron chi connectivity index (χ0n) is 12.8. The van der Waals surface area contributed by atoms with Gasteiger partial charge in [-0.1, -0.05) is 12.1 Å². The summed E-state index contributed by atoms with van der Waals surface area (Å²) in [5.41, 5.74) is 2.16. The minimum Gasteiger partial charge on any atom is -0.367 e. The molecular formula is C15H24N4O. The molecule has 0 spiro atoms. The maximum absolute atomic E-state index is 12.3. The highest BCUT2D eigenvalue weighted by atomic mass is 16.2. The number of likely N-dealkylation sites (N-methyl/N-ethyl adjacent to an activating group) is 1. The lowest BCUT2D eigenvalue weighted by atomic mass is 10.1. The first-order valence-electron chi connectivity index (χ1n) is 6.98. The highest BCUT2D eigenvalue weighted by Gasteiger charge is 2.27. The molecule has 0 aliphatic carbocycles. The van der Waals surface area contributed by atoms with Crippen LogP contribution >= 0.6 is 0 Å². The van der Waals surface area contributed by atoms with Crippen LogP contribution in [-0.2, 0) is 0 Å². The summed E-state index contributed by atoms with van der Waals surface area (Å²) >= 11 is 0.